The number of benzene rings is 2. The van der Waals surface area contributed by atoms with Crippen LogP contribution in [-0.4, -0.2) is 50.7 Å². The van der Waals surface area contributed by atoms with Crippen LogP contribution in [0.3, 0.4) is 0 Å². The van der Waals surface area contributed by atoms with Gasteiger partial charge in [0.1, 0.15) is 0 Å². The molecule has 1 fully saturated rings. The predicted octanol–water partition coefficient (Wildman–Crippen LogP) is 6.74. The maximum absolute atomic E-state index is 14.1. The van der Waals surface area contributed by atoms with E-state index in [1.165, 1.54) is 28.8 Å². The molecule has 0 aromatic heterocycles. The molecule has 0 saturated carbocycles. The molecule has 0 unspecified atom stereocenters. The Labute approximate surface area is 227 Å². The molecule has 2 heterocycles. The zero-order valence-corrected chi connectivity index (χ0v) is 26.6. The number of methoxy groups -OCH3 is 1. The summed E-state index contributed by atoms with van der Waals surface area (Å²) < 4.78 is 41.1. The summed E-state index contributed by atoms with van der Waals surface area (Å²) in [7, 11) is -2.40. The van der Waals surface area contributed by atoms with E-state index in [4.69, 9.17) is 4.74 Å². The van der Waals surface area contributed by atoms with Crippen molar-refractivity contribution in [1.29, 1.82) is 0 Å². The number of unbranched alkanes of at least 4 members (excludes halogenated alkanes) is 2. The summed E-state index contributed by atoms with van der Waals surface area (Å²) in [6.07, 6.45) is 4.60. The molecular formula is C30H41NO4SSn. The molecule has 2 aromatic carbocycles. The Hall–Kier alpha value is -1.64. The number of rotatable bonds is 10. The van der Waals surface area contributed by atoms with Crippen LogP contribution in [0.2, 0.25) is 13.3 Å². The standard InChI is InChI=1S/C22H23NO4S.2C4H9.Sn/c1-15-6-10-18(11-7-15)20-22(4,21(24)27-5)17(3)14-23(20)28(25,26)19-12-8-16(2)9-13-19;2*1-3-4-2;/h3,6-13,20H,4,14H2,1-2,5H3;2*1,3-4H2,2H3;/t20-,22+;;;/m0.../s1. The molecule has 2 aromatic rings. The number of sulfonamides is 1. The molecule has 0 spiro atoms. The van der Waals surface area contributed by atoms with Crippen molar-refractivity contribution in [3.05, 3.63) is 74.9 Å². The molecule has 0 N–H and O–H groups in total. The SMILES string of the molecule is CCC[CH2][Sn]1([CH2]CCC)[CH]=C2CN(S(=O)(=O)c3ccc(C)cc3)[C@@H](c3ccc(C)cc3)[C@@]2(C(=O)OC)[CH2]1. The third-order valence-electron chi connectivity index (χ3n) is 8.39. The fourth-order valence-corrected chi connectivity index (χ4v) is 24.9. The van der Waals surface area contributed by atoms with Crippen molar-refractivity contribution < 1.29 is 17.9 Å². The topological polar surface area (TPSA) is 63.7 Å². The Balaban J connectivity index is 1.92. The van der Waals surface area contributed by atoms with Crippen LogP contribution >= 0.6 is 0 Å². The van der Waals surface area contributed by atoms with Gasteiger partial charge in [0.15, 0.2) is 0 Å². The number of hydrogen-bond acceptors (Lipinski definition) is 4. The van der Waals surface area contributed by atoms with Gasteiger partial charge in [0.25, 0.3) is 0 Å². The van der Waals surface area contributed by atoms with Crippen LogP contribution in [-0.2, 0) is 19.6 Å². The fraction of sp³-hybridized carbons (Fsp3) is 0.500. The second-order valence-electron chi connectivity index (χ2n) is 11.1. The van der Waals surface area contributed by atoms with Crippen molar-refractivity contribution in [3.63, 3.8) is 0 Å². The average Bonchev–Trinajstić information content (AvgIpc) is 3.38. The van der Waals surface area contributed by atoms with Crippen LogP contribution in [0.15, 0.2) is 63.1 Å². The third-order valence-corrected chi connectivity index (χ3v) is 24.3. The number of hydrogen-bond donors (Lipinski definition) is 0. The van der Waals surface area contributed by atoms with Gasteiger partial charge in [-0.3, -0.25) is 0 Å². The zero-order valence-electron chi connectivity index (χ0n) is 22.9. The van der Waals surface area contributed by atoms with Crippen molar-refractivity contribution in [1.82, 2.24) is 4.31 Å². The summed E-state index contributed by atoms with van der Waals surface area (Å²) in [5.74, 6) is -0.280. The van der Waals surface area contributed by atoms with Gasteiger partial charge in [-0.2, -0.15) is 0 Å². The van der Waals surface area contributed by atoms with E-state index in [0.29, 0.717) is 0 Å². The summed E-state index contributed by atoms with van der Waals surface area (Å²) >= 11 is -2.91. The van der Waals surface area contributed by atoms with Crippen LogP contribution in [0.5, 0.6) is 0 Å². The van der Waals surface area contributed by atoms with Gasteiger partial charge in [-0.25, -0.2) is 0 Å². The van der Waals surface area contributed by atoms with Crippen LogP contribution in [0.25, 0.3) is 0 Å². The molecule has 4 rings (SSSR count). The summed E-state index contributed by atoms with van der Waals surface area (Å²) in [5.41, 5.74) is 3.02. The molecule has 37 heavy (non-hydrogen) atoms. The summed E-state index contributed by atoms with van der Waals surface area (Å²) in [5, 5.41) is 0. The van der Waals surface area contributed by atoms with Crippen molar-refractivity contribution >= 4 is 34.4 Å². The fourth-order valence-electron chi connectivity index (χ4n) is 6.45. The molecule has 2 atom stereocenters. The molecule has 2 aliphatic rings. The Morgan fingerprint density at radius 2 is 1.51 bits per heavy atom. The number of aryl methyl sites for hydroxylation is 2. The molecule has 0 radical (unpaired) electrons. The first kappa shape index (κ1) is 28.4. The van der Waals surface area contributed by atoms with Crippen LogP contribution in [0, 0.1) is 19.3 Å². The number of carbonyl (C=O) groups is 1. The van der Waals surface area contributed by atoms with E-state index in [-0.39, 0.29) is 17.4 Å². The van der Waals surface area contributed by atoms with Gasteiger partial charge in [0.05, 0.1) is 0 Å². The molecule has 200 valence electrons. The molecule has 5 nitrogen and oxygen atoms in total. The van der Waals surface area contributed by atoms with Gasteiger partial charge in [0.2, 0.25) is 0 Å². The van der Waals surface area contributed by atoms with E-state index < -0.39 is 39.9 Å². The van der Waals surface area contributed by atoms with E-state index in [1.807, 2.05) is 50.2 Å². The van der Waals surface area contributed by atoms with E-state index in [9.17, 15) is 13.2 Å². The number of esters is 1. The molecule has 0 aliphatic carbocycles. The average molecular weight is 630 g/mol. The number of carbonyl (C=O) groups excluding carboxylic acids is 1. The Morgan fingerprint density at radius 1 is 0.973 bits per heavy atom. The molecular weight excluding hydrogens is 589 g/mol. The van der Waals surface area contributed by atoms with Gasteiger partial charge in [-0.05, 0) is 0 Å². The third kappa shape index (κ3) is 5.18. The van der Waals surface area contributed by atoms with E-state index in [0.717, 1.165) is 39.5 Å². The van der Waals surface area contributed by atoms with Crippen LogP contribution in [0.4, 0.5) is 0 Å². The van der Waals surface area contributed by atoms with E-state index in [2.05, 4.69) is 17.9 Å². The molecule has 1 saturated heterocycles. The number of fused-ring (bicyclic) bond motifs is 1. The van der Waals surface area contributed by atoms with Crippen LogP contribution < -0.4 is 0 Å². The normalized spacial score (nSPS) is 23.1. The Morgan fingerprint density at radius 3 is 2.03 bits per heavy atom. The Kier molecular flexibility index (Phi) is 8.61. The predicted molar refractivity (Wildman–Crippen MR) is 152 cm³/mol. The summed E-state index contributed by atoms with van der Waals surface area (Å²) in [4.78, 5) is 14.2. The molecule has 0 bridgehead atoms. The molecule has 0 amide bonds. The van der Waals surface area contributed by atoms with Crippen molar-refractivity contribution in [2.45, 2.75) is 77.6 Å². The van der Waals surface area contributed by atoms with Gasteiger partial charge >= 0.3 is 228 Å². The van der Waals surface area contributed by atoms with E-state index >= 15 is 0 Å². The Bertz CT molecular complexity index is 1250. The van der Waals surface area contributed by atoms with Crippen molar-refractivity contribution in [2.75, 3.05) is 13.7 Å². The first-order chi connectivity index (χ1) is 17.6. The zero-order chi connectivity index (χ0) is 26.8. The maximum atomic E-state index is 14.1. The number of ether oxygens (including phenoxy) is 1. The van der Waals surface area contributed by atoms with E-state index in [1.54, 1.807) is 16.4 Å². The van der Waals surface area contributed by atoms with Crippen LogP contribution in [0.1, 0.15) is 62.3 Å². The van der Waals surface area contributed by atoms with Gasteiger partial charge in [-0.15, -0.1) is 0 Å². The van der Waals surface area contributed by atoms with Gasteiger partial charge < -0.3 is 0 Å². The second kappa shape index (κ2) is 11.2. The second-order valence-corrected chi connectivity index (χ2v) is 25.4. The van der Waals surface area contributed by atoms with Gasteiger partial charge in [0, 0.05) is 0 Å². The first-order valence-corrected chi connectivity index (χ1v) is 22.7. The monoisotopic (exact) mass is 631 g/mol. The number of nitrogens with zero attached hydrogens (tertiary/aromatic N) is 1. The minimum atomic E-state index is -3.85. The quantitative estimate of drug-likeness (QED) is 0.216. The first-order valence-electron chi connectivity index (χ1n) is 13.6. The van der Waals surface area contributed by atoms with Gasteiger partial charge in [-0.1, -0.05) is 0 Å². The minimum absolute atomic E-state index is 0.251. The van der Waals surface area contributed by atoms with Crippen molar-refractivity contribution in [2.24, 2.45) is 5.41 Å². The summed E-state index contributed by atoms with van der Waals surface area (Å²) in [6.45, 7) is 8.67. The molecule has 2 aliphatic heterocycles. The summed E-state index contributed by atoms with van der Waals surface area (Å²) in [6, 6.07) is 14.4. The molecule has 7 heteroatoms. The van der Waals surface area contributed by atoms with Crippen molar-refractivity contribution in [3.8, 4) is 0 Å².